The van der Waals surface area contributed by atoms with Gasteiger partial charge in [0, 0.05) is 12.1 Å². The van der Waals surface area contributed by atoms with Crippen molar-refractivity contribution in [2.24, 2.45) is 0 Å². The van der Waals surface area contributed by atoms with Crippen molar-refractivity contribution in [2.45, 2.75) is 25.1 Å². The van der Waals surface area contributed by atoms with Gasteiger partial charge in [-0.25, -0.2) is 9.37 Å². The zero-order valence-corrected chi connectivity index (χ0v) is 11.1. The number of nitrogens with zero attached hydrogens (tertiary/aromatic N) is 2. The summed E-state index contributed by atoms with van der Waals surface area (Å²) in [7, 11) is 0. The Hall–Kier alpha value is -0.870. The Morgan fingerprint density at radius 1 is 1.33 bits per heavy atom. The van der Waals surface area contributed by atoms with Crippen molar-refractivity contribution in [1.29, 1.82) is 0 Å². The molecular weight excluding hydrogens is 255 g/mol. The lowest BCUT2D eigenvalue weighted by atomic mass is 10.1. The minimum Gasteiger partial charge on any atom is -0.476 e. The highest BCUT2D eigenvalue weighted by Crippen LogP contribution is 2.18. The number of alkyl halides is 1. The molecule has 2 heterocycles. The number of pyridine rings is 1. The molecule has 0 unspecified atom stereocenters. The Balaban J connectivity index is 1.82. The fraction of sp³-hybridized carbons (Fsp3) is 0.615. The first-order valence-corrected chi connectivity index (χ1v) is 6.88. The van der Waals surface area contributed by atoms with Gasteiger partial charge in [0.25, 0.3) is 0 Å². The third-order valence-corrected chi connectivity index (χ3v) is 3.42. The lowest BCUT2D eigenvalue weighted by Gasteiger charge is -2.26. The predicted octanol–water partition coefficient (Wildman–Crippen LogP) is 2.82. The first kappa shape index (κ1) is 13.6. The van der Waals surface area contributed by atoms with Crippen molar-refractivity contribution in [1.82, 2.24) is 9.88 Å². The molecule has 0 N–H and O–H groups in total. The number of halogens is 2. The minimum absolute atomic E-state index is 0.212. The molecule has 1 aromatic rings. The Bertz CT molecular complexity index is 383. The monoisotopic (exact) mass is 272 g/mol. The van der Waals surface area contributed by atoms with Crippen LogP contribution in [0.5, 0.6) is 5.88 Å². The van der Waals surface area contributed by atoms with Crippen LogP contribution in [-0.2, 0) is 5.88 Å². The highest BCUT2D eigenvalue weighted by Gasteiger charge is 2.11. The summed E-state index contributed by atoms with van der Waals surface area (Å²) in [6.45, 7) is 3.74. The average molecular weight is 273 g/mol. The predicted molar refractivity (Wildman–Crippen MR) is 69.5 cm³/mol. The minimum atomic E-state index is -0.381. The first-order valence-electron chi connectivity index (χ1n) is 6.35. The van der Waals surface area contributed by atoms with E-state index in [2.05, 4.69) is 9.88 Å². The van der Waals surface area contributed by atoms with E-state index in [1.54, 1.807) is 0 Å². The van der Waals surface area contributed by atoms with Crippen molar-refractivity contribution in [3.63, 3.8) is 0 Å². The maximum atomic E-state index is 13.0. The van der Waals surface area contributed by atoms with Crippen molar-refractivity contribution in [2.75, 3.05) is 26.2 Å². The third-order valence-electron chi connectivity index (χ3n) is 3.13. The van der Waals surface area contributed by atoms with Gasteiger partial charge in [0.05, 0.1) is 12.1 Å². The molecule has 0 aromatic carbocycles. The van der Waals surface area contributed by atoms with Crippen LogP contribution in [0.2, 0.25) is 0 Å². The number of hydrogen-bond donors (Lipinski definition) is 0. The third kappa shape index (κ3) is 3.82. The SMILES string of the molecule is Fc1cnc(OCCN2CCCCC2)c(CCl)c1. The highest BCUT2D eigenvalue weighted by atomic mass is 35.5. The number of piperidine rings is 1. The summed E-state index contributed by atoms with van der Waals surface area (Å²) >= 11 is 5.73. The molecule has 1 fully saturated rings. The van der Waals surface area contributed by atoms with Gasteiger partial charge >= 0.3 is 0 Å². The van der Waals surface area contributed by atoms with E-state index < -0.39 is 0 Å². The molecule has 18 heavy (non-hydrogen) atoms. The van der Waals surface area contributed by atoms with E-state index in [1.807, 2.05) is 0 Å². The molecule has 0 saturated carbocycles. The molecule has 0 aliphatic carbocycles. The number of aromatic nitrogens is 1. The fourth-order valence-electron chi connectivity index (χ4n) is 2.15. The standard InChI is InChI=1S/C13H18ClFN2O/c14-9-11-8-12(15)10-16-13(11)18-7-6-17-4-2-1-3-5-17/h8,10H,1-7,9H2. The van der Waals surface area contributed by atoms with Gasteiger partial charge in [-0.3, -0.25) is 4.90 Å². The van der Waals surface area contributed by atoms with Gasteiger partial charge in [0.15, 0.2) is 0 Å². The quantitative estimate of drug-likeness (QED) is 0.771. The van der Waals surface area contributed by atoms with Crippen LogP contribution in [0.3, 0.4) is 0 Å². The van der Waals surface area contributed by atoms with Crippen molar-refractivity contribution >= 4 is 11.6 Å². The van der Waals surface area contributed by atoms with Gasteiger partial charge in [0.2, 0.25) is 5.88 Å². The summed E-state index contributed by atoms with van der Waals surface area (Å²) in [5.74, 6) is 0.279. The second-order valence-electron chi connectivity index (χ2n) is 4.50. The molecule has 0 spiro atoms. The average Bonchev–Trinajstić information content (AvgIpc) is 2.41. The Morgan fingerprint density at radius 3 is 2.83 bits per heavy atom. The molecule has 0 amide bonds. The molecule has 0 atom stereocenters. The lowest BCUT2D eigenvalue weighted by Crippen LogP contribution is -2.33. The van der Waals surface area contributed by atoms with Crippen LogP contribution in [0, 0.1) is 5.82 Å². The van der Waals surface area contributed by atoms with Gasteiger partial charge in [-0.15, -0.1) is 11.6 Å². The van der Waals surface area contributed by atoms with Crippen LogP contribution in [0.4, 0.5) is 4.39 Å². The normalized spacial score (nSPS) is 16.8. The van der Waals surface area contributed by atoms with Gasteiger partial charge < -0.3 is 4.74 Å². The van der Waals surface area contributed by atoms with Gasteiger partial charge in [-0.2, -0.15) is 0 Å². The maximum Gasteiger partial charge on any atom is 0.217 e. The van der Waals surface area contributed by atoms with Crippen molar-refractivity contribution in [3.05, 3.63) is 23.6 Å². The topological polar surface area (TPSA) is 25.4 Å². The summed E-state index contributed by atoms with van der Waals surface area (Å²) < 4.78 is 18.5. The van der Waals surface area contributed by atoms with E-state index in [-0.39, 0.29) is 11.7 Å². The number of rotatable bonds is 5. The molecule has 1 aromatic heterocycles. The van der Waals surface area contributed by atoms with Crippen molar-refractivity contribution < 1.29 is 9.13 Å². The molecular formula is C13H18ClFN2O. The lowest BCUT2D eigenvalue weighted by molar-refractivity contribution is 0.180. The molecule has 100 valence electrons. The zero-order valence-electron chi connectivity index (χ0n) is 10.4. The van der Waals surface area contributed by atoms with Crippen LogP contribution < -0.4 is 4.74 Å². The van der Waals surface area contributed by atoms with Crippen molar-refractivity contribution in [3.8, 4) is 5.88 Å². The Kier molecular flexibility index (Phi) is 5.20. The maximum absolute atomic E-state index is 13.0. The van der Waals surface area contributed by atoms with Crippen LogP contribution in [0.25, 0.3) is 0 Å². The van der Waals surface area contributed by atoms with E-state index in [0.717, 1.165) is 25.8 Å². The largest absolute Gasteiger partial charge is 0.476 e. The van der Waals surface area contributed by atoms with Gasteiger partial charge in [-0.05, 0) is 32.0 Å². The molecule has 3 nitrogen and oxygen atoms in total. The molecule has 1 aliphatic heterocycles. The molecule has 1 aliphatic rings. The molecule has 0 bridgehead atoms. The second-order valence-corrected chi connectivity index (χ2v) is 4.77. The van der Waals surface area contributed by atoms with E-state index in [0.29, 0.717) is 18.1 Å². The van der Waals surface area contributed by atoms with E-state index in [1.165, 1.54) is 25.3 Å². The Labute approximate surface area is 112 Å². The molecule has 1 saturated heterocycles. The smallest absolute Gasteiger partial charge is 0.217 e. The second kappa shape index (κ2) is 6.90. The van der Waals surface area contributed by atoms with Crippen LogP contribution in [0.15, 0.2) is 12.3 Å². The summed E-state index contributed by atoms with van der Waals surface area (Å²) in [6.07, 6.45) is 5.02. The van der Waals surface area contributed by atoms with Gasteiger partial charge in [-0.1, -0.05) is 6.42 Å². The Morgan fingerprint density at radius 2 is 2.11 bits per heavy atom. The zero-order chi connectivity index (χ0) is 12.8. The molecule has 5 heteroatoms. The van der Waals surface area contributed by atoms with Crippen LogP contribution in [0.1, 0.15) is 24.8 Å². The fourth-order valence-corrected chi connectivity index (χ4v) is 2.34. The van der Waals surface area contributed by atoms with E-state index >= 15 is 0 Å². The molecule has 2 rings (SSSR count). The number of hydrogen-bond acceptors (Lipinski definition) is 3. The summed E-state index contributed by atoms with van der Waals surface area (Å²) in [4.78, 5) is 6.31. The first-order chi connectivity index (χ1) is 8.79. The van der Waals surface area contributed by atoms with E-state index in [9.17, 15) is 4.39 Å². The van der Waals surface area contributed by atoms with Crippen LogP contribution >= 0.6 is 11.6 Å². The summed E-state index contributed by atoms with van der Waals surface area (Å²) in [6, 6.07) is 1.37. The number of likely N-dealkylation sites (tertiary alicyclic amines) is 1. The summed E-state index contributed by atoms with van der Waals surface area (Å²) in [5.41, 5.74) is 0.607. The highest BCUT2D eigenvalue weighted by molar-refractivity contribution is 6.17. The van der Waals surface area contributed by atoms with Gasteiger partial charge in [0.1, 0.15) is 12.4 Å². The van der Waals surface area contributed by atoms with E-state index in [4.69, 9.17) is 16.3 Å². The van der Waals surface area contributed by atoms with Crippen LogP contribution in [-0.4, -0.2) is 36.1 Å². The summed E-state index contributed by atoms with van der Waals surface area (Å²) in [5, 5.41) is 0. The number of ether oxygens (including phenoxy) is 1. The molecule has 0 radical (unpaired) electrons.